The van der Waals surface area contributed by atoms with E-state index in [1.807, 2.05) is 12.1 Å². The normalized spacial score (nSPS) is 12.0. The second-order valence-corrected chi connectivity index (χ2v) is 6.08. The topological polar surface area (TPSA) is 68.0 Å². The maximum Gasteiger partial charge on any atom is 0.222 e. The first-order valence-electron chi connectivity index (χ1n) is 8.42. The van der Waals surface area contributed by atoms with Crippen LogP contribution in [-0.2, 0) is 0 Å². The Hall–Kier alpha value is -3.02. The molecule has 0 fully saturated rings. The van der Waals surface area contributed by atoms with Gasteiger partial charge in [0.1, 0.15) is 11.6 Å². The van der Waals surface area contributed by atoms with E-state index in [9.17, 15) is 9.18 Å². The highest BCUT2D eigenvalue weighted by Crippen LogP contribution is 2.28. The number of nitrogens with one attached hydrogen (secondary N) is 1. The molecule has 0 radical (unpaired) electrons. The van der Waals surface area contributed by atoms with Crippen LogP contribution in [0.3, 0.4) is 0 Å². The number of hydrogen-bond donors (Lipinski definition) is 1. The van der Waals surface area contributed by atoms with Crippen LogP contribution >= 0.6 is 0 Å². The van der Waals surface area contributed by atoms with Gasteiger partial charge in [0.05, 0.1) is 17.5 Å². The summed E-state index contributed by atoms with van der Waals surface area (Å²) in [6.07, 6.45) is 3.89. The average molecular weight is 353 g/mol. The van der Waals surface area contributed by atoms with Crippen molar-refractivity contribution in [1.29, 1.82) is 0 Å². The fraction of sp³-hybridized carbons (Fsp3) is 0.250. The molecule has 2 heterocycles. The Labute approximate surface area is 151 Å². The van der Waals surface area contributed by atoms with Crippen LogP contribution in [-0.4, -0.2) is 22.3 Å². The molecule has 3 rings (SSSR count). The van der Waals surface area contributed by atoms with Gasteiger partial charge in [-0.05, 0) is 50.1 Å². The van der Waals surface area contributed by atoms with Gasteiger partial charge in [0, 0.05) is 18.7 Å². The molecule has 1 N–H and O–H groups in total. The fourth-order valence-corrected chi connectivity index (χ4v) is 2.88. The lowest BCUT2D eigenvalue weighted by atomic mass is 9.93. The van der Waals surface area contributed by atoms with E-state index in [-0.39, 0.29) is 17.5 Å². The summed E-state index contributed by atoms with van der Waals surface area (Å²) in [6.45, 7) is 3.88. The van der Waals surface area contributed by atoms with Gasteiger partial charge in [-0.25, -0.2) is 14.4 Å². The van der Waals surface area contributed by atoms with Crippen molar-refractivity contribution in [2.75, 3.05) is 11.9 Å². The summed E-state index contributed by atoms with van der Waals surface area (Å²) in [5.41, 5.74) is 2.15. The highest BCUT2D eigenvalue weighted by Gasteiger charge is 2.17. The number of nitrogens with zero attached hydrogens (tertiary/aromatic N) is 2. The molecule has 0 aliphatic rings. The zero-order valence-electron chi connectivity index (χ0n) is 14.7. The largest absolute Gasteiger partial charge is 0.469 e. The molecule has 0 spiro atoms. The molecule has 134 valence electrons. The van der Waals surface area contributed by atoms with Crippen molar-refractivity contribution >= 4 is 11.7 Å². The van der Waals surface area contributed by atoms with Crippen molar-refractivity contribution in [3.8, 4) is 0 Å². The summed E-state index contributed by atoms with van der Waals surface area (Å²) in [6, 6.07) is 10.2. The van der Waals surface area contributed by atoms with Crippen LogP contribution in [0, 0.1) is 12.7 Å². The van der Waals surface area contributed by atoms with Gasteiger partial charge in [0.2, 0.25) is 5.95 Å². The number of hydrogen-bond acceptors (Lipinski definition) is 5. The second kappa shape index (κ2) is 7.91. The van der Waals surface area contributed by atoms with Crippen molar-refractivity contribution < 1.29 is 13.6 Å². The molecule has 5 nitrogen and oxygen atoms in total. The van der Waals surface area contributed by atoms with Gasteiger partial charge in [-0.15, -0.1) is 0 Å². The first kappa shape index (κ1) is 17.8. The monoisotopic (exact) mass is 353 g/mol. The quantitative estimate of drug-likeness (QED) is 0.640. The summed E-state index contributed by atoms with van der Waals surface area (Å²) in [4.78, 5) is 20.0. The Morgan fingerprint density at radius 3 is 2.65 bits per heavy atom. The van der Waals surface area contributed by atoms with Crippen LogP contribution < -0.4 is 5.32 Å². The van der Waals surface area contributed by atoms with Crippen LogP contribution in [0.15, 0.2) is 53.3 Å². The molecule has 3 aromatic rings. The summed E-state index contributed by atoms with van der Waals surface area (Å²) in [5, 5.41) is 3.18. The summed E-state index contributed by atoms with van der Waals surface area (Å²) < 4.78 is 18.8. The SMILES string of the molecule is CC(=O)c1cnc(NCC[C@H](c2ccc(F)cc2)c2ccco2)nc1C. The molecule has 0 aliphatic carbocycles. The van der Waals surface area contributed by atoms with Crippen molar-refractivity contribution in [1.82, 2.24) is 9.97 Å². The average Bonchev–Trinajstić information content (AvgIpc) is 3.14. The fourth-order valence-electron chi connectivity index (χ4n) is 2.88. The van der Waals surface area contributed by atoms with Gasteiger partial charge in [-0.1, -0.05) is 12.1 Å². The van der Waals surface area contributed by atoms with Crippen molar-refractivity contribution in [3.05, 3.63) is 77.3 Å². The lowest BCUT2D eigenvalue weighted by Crippen LogP contribution is -2.12. The molecule has 6 heteroatoms. The number of benzene rings is 1. The first-order chi connectivity index (χ1) is 12.5. The van der Waals surface area contributed by atoms with Gasteiger partial charge < -0.3 is 9.73 Å². The molecular weight excluding hydrogens is 333 g/mol. The number of anilines is 1. The lowest BCUT2D eigenvalue weighted by Gasteiger charge is -2.16. The van der Waals surface area contributed by atoms with E-state index in [0.717, 1.165) is 17.7 Å². The molecule has 2 aromatic heterocycles. The Balaban J connectivity index is 1.70. The minimum absolute atomic E-state index is 0.00399. The Bertz CT molecular complexity index is 877. The van der Waals surface area contributed by atoms with E-state index in [4.69, 9.17) is 4.42 Å². The van der Waals surface area contributed by atoms with Crippen molar-refractivity contribution in [3.63, 3.8) is 0 Å². The number of halogens is 1. The minimum atomic E-state index is -0.264. The minimum Gasteiger partial charge on any atom is -0.469 e. The zero-order valence-corrected chi connectivity index (χ0v) is 14.7. The van der Waals surface area contributed by atoms with Crippen LogP contribution in [0.5, 0.6) is 0 Å². The second-order valence-electron chi connectivity index (χ2n) is 6.08. The molecule has 0 saturated heterocycles. The van der Waals surface area contributed by atoms with Crippen molar-refractivity contribution in [2.45, 2.75) is 26.2 Å². The third kappa shape index (κ3) is 4.14. The lowest BCUT2D eigenvalue weighted by molar-refractivity contribution is 0.101. The Kier molecular flexibility index (Phi) is 5.41. The number of aryl methyl sites for hydroxylation is 1. The van der Waals surface area contributed by atoms with Crippen LogP contribution in [0.4, 0.5) is 10.3 Å². The molecular formula is C20H20FN3O2. The molecule has 0 aliphatic heterocycles. The van der Waals surface area contributed by atoms with Gasteiger partial charge >= 0.3 is 0 Å². The predicted molar refractivity (Wildman–Crippen MR) is 96.8 cm³/mol. The molecule has 26 heavy (non-hydrogen) atoms. The number of aromatic nitrogens is 2. The van der Waals surface area contributed by atoms with E-state index in [0.29, 0.717) is 23.8 Å². The summed E-state index contributed by atoms with van der Waals surface area (Å²) in [7, 11) is 0. The van der Waals surface area contributed by atoms with E-state index >= 15 is 0 Å². The van der Waals surface area contributed by atoms with Crippen LogP contribution in [0.25, 0.3) is 0 Å². The number of carbonyl (C=O) groups excluding carboxylic acids is 1. The Morgan fingerprint density at radius 2 is 2.04 bits per heavy atom. The zero-order chi connectivity index (χ0) is 18.5. The molecule has 1 atom stereocenters. The predicted octanol–water partition coefficient (Wildman–Crippen LogP) is 4.35. The number of ketones is 1. The van der Waals surface area contributed by atoms with E-state index in [2.05, 4.69) is 15.3 Å². The van der Waals surface area contributed by atoms with E-state index in [1.54, 1.807) is 25.3 Å². The van der Waals surface area contributed by atoms with Gasteiger partial charge in [0.15, 0.2) is 5.78 Å². The third-order valence-corrected chi connectivity index (χ3v) is 4.23. The third-order valence-electron chi connectivity index (χ3n) is 4.23. The number of Topliss-reactive ketones (excluding diaryl/α,β-unsaturated/α-hetero) is 1. The van der Waals surface area contributed by atoms with Gasteiger partial charge in [-0.2, -0.15) is 0 Å². The van der Waals surface area contributed by atoms with Gasteiger partial charge in [-0.3, -0.25) is 4.79 Å². The molecule has 0 saturated carbocycles. The number of furan rings is 1. The maximum atomic E-state index is 13.2. The molecule has 1 aromatic carbocycles. The highest BCUT2D eigenvalue weighted by molar-refractivity contribution is 5.94. The summed E-state index contributed by atoms with van der Waals surface area (Å²) >= 11 is 0. The van der Waals surface area contributed by atoms with Crippen molar-refractivity contribution in [2.24, 2.45) is 0 Å². The highest BCUT2D eigenvalue weighted by atomic mass is 19.1. The molecule has 0 unspecified atom stereocenters. The molecule has 0 amide bonds. The van der Waals surface area contributed by atoms with Crippen LogP contribution in [0.1, 0.15) is 46.6 Å². The molecule has 0 bridgehead atoms. The first-order valence-corrected chi connectivity index (χ1v) is 8.42. The van der Waals surface area contributed by atoms with Crippen LogP contribution in [0.2, 0.25) is 0 Å². The maximum absolute atomic E-state index is 13.2. The van der Waals surface area contributed by atoms with E-state index in [1.165, 1.54) is 25.3 Å². The van der Waals surface area contributed by atoms with Gasteiger partial charge in [0.25, 0.3) is 0 Å². The summed E-state index contributed by atoms with van der Waals surface area (Å²) in [5.74, 6) is 0.977. The number of rotatable bonds is 7. The standard InChI is InChI=1S/C20H20FN3O2/c1-13-18(14(2)25)12-23-20(24-13)22-10-9-17(19-4-3-11-26-19)15-5-7-16(21)8-6-15/h3-8,11-12,17H,9-10H2,1-2H3,(H,22,23,24)/t17-/m1/s1. The smallest absolute Gasteiger partial charge is 0.222 e. The van der Waals surface area contributed by atoms with E-state index < -0.39 is 0 Å². The number of carbonyl (C=O) groups is 1. The Morgan fingerprint density at radius 1 is 1.27 bits per heavy atom.